The van der Waals surface area contributed by atoms with Crippen molar-refractivity contribution in [2.24, 2.45) is 5.41 Å². The Labute approximate surface area is 212 Å². The van der Waals surface area contributed by atoms with Crippen molar-refractivity contribution < 1.29 is 24.2 Å². The molecule has 0 radical (unpaired) electrons. The fraction of sp³-hybridized carbons (Fsp3) is 0.481. The van der Waals surface area contributed by atoms with Crippen LogP contribution in [0.5, 0.6) is 11.5 Å². The minimum Gasteiger partial charge on any atom is -0.497 e. The molecule has 0 aliphatic carbocycles. The highest BCUT2D eigenvalue weighted by atomic mass is 35.5. The lowest BCUT2D eigenvalue weighted by Crippen LogP contribution is -2.57. The first kappa shape index (κ1) is 26.7. The average molecular weight is 503 g/mol. The fourth-order valence-corrected chi connectivity index (χ4v) is 5.10. The second-order valence-corrected chi connectivity index (χ2v) is 10.6. The van der Waals surface area contributed by atoms with Crippen molar-refractivity contribution in [3.05, 3.63) is 59.2 Å². The lowest BCUT2D eigenvalue weighted by atomic mass is 9.75. The highest BCUT2D eigenvalue weighted by Crippen LogP contribution is 2.43. The van der Waals surface area contributed by atoms with Crippen LogP contribution in [0.2, 0.25) is 0 Å². The van der Waals surface area contributed by atoms with E-state index in [1.807, 2.05) is 57.2 Å². The van der Waals surface area contributed by atoms with Gasteiger partial charge in [-0.15, -0.1) is 11.6 Å². The molecule has 7 nitrogen and oxygen atoms in total. The molecule has 1 N–H and O–H groups in total. The number of carbonyl (C=O) groups is 2. The van der Waals surface area contributed by atoms with Gasteiger partial charge in [-0.2, -0.15) is 0 Å². The van der Waals surface area contributed by atoms with Crippen LogP contribution in [-0.2, 0) is 17.8 Å². The van der Waals surface area contributed by atoms with Gasteiger partial charge in [0.2, 0.25) is 5.91 Å². The number of carboxylic acid groups (broad SMARTS) is 1. The highest BCUT2D eigenvalue weighted by molar-refractivity contribution is 6.30. The minimum absolute atomic E-state index is 0.205. The maximum atomic E-state index is 13.7. The van der Waals surface area contributed by atoms with Crippen LogP contribution >= 0.6 is 11.6 Å². The molecule has 35 heavy (non-hydrogen) atoms. The van der Waals surface area contributed by atoms with E-state index in [-0.39, 0.29) is 12.5 Å². The Hall–Kier alpha value is -2.93. The molecule has 8 heteroatoms. The number of methoxy groups -OCH3 is 2. The molecule has 0 saturated heterocycles. The summed E-state index contributed by atoms with van der Waals surface area (Å²) in [6.07, 6.45) is -0.380. The van der Waals surface area contributed by atoms with Gasteiger partial charge in [0.25, 0.3) is 0 Å². The molecule has 0 fully saturated rings. The summed E-state index contributed by atoms with van der Waals surface area (Å²) in [6, 6.07) is 12.3. The quantitative estimate of drug-likeness (QED) is 0.516. The number of alkyl halides is 1. The Kier molecular flexibility index (Phi) is 8.21. The van der Waals surface area contributed by atoms with Crippen LogP contribution in [0.3, 0.4) is 0 Å². The molecule has 2 amide bonds. The SMILES string of the molecule is COc1ccc(CN(C(=O)C(C)Cl)C(C2c3ccccc3CCN2C(=O)O)C(C)(C)C)c(OC)c1. The van der Waals surface area contributed by atoms with Crippen LogP contribution in [0.4, 0.5) is 4.79 Å². The first-order valence-electron chi connectivity index (χ1n) is 11.7. The van der Waals surface area contributed by atoms with E-state index in [1.165, 1.54) is 4.90 Å². The number of amides is 2. The fourth-order valence-electron chi connectivity index (χ4n) is 4.97. The summed E-state index contributed by atoms with van der Waals surface area (Å²) in [5, 5.41) is 9.38. The zero-order valence-corrected chi connectivity index (χ0v) is 22.0. The van der Waals surface area contributed by atoms with Gasteiger partial charge in [0.15, 0.2) is 0 Å². The van der Waals surface area contributed by atoms with Crippen molar-refractivity contribution in [1.82, 2.24) is 9.80 Å². The predicted molar refractivity (Wildman–Crippen MR) is 136 cm³/mol. The van der Waals surface area contributed by atoms with E-state index >= 15 is 0 Å². The maximum Gasteiger partial charge on any atom is 0.407 e. The van der Waals surface area contributed by atoms with E-state index < -0.39 is 29.0 Å². The summed E-state index contributed by atoms with van der Waals surface area (Å²) in [4.78, 5) is 29.3. The van der Waals surface area contributed by atoms with Gasteiger partial charge in [-0.3, -0.25) is 9.69 Å². The standard InChI is InChI=1S/C27H35ClN2O5/c1-17(28)25(31)30(16-19-11-12-20(34-5)15-22(19)35-6)24(27(2,3)4)23-21-10-8-7-9-18(21)13-14-29(23)26(32)33/h7-12,15,17,23-24H,13-14,16H2,1-6H3,(H,32,33). The third kappa shape index (κ3) is 5.67. The molecule has 190 valence electrons. The van der Waals surface area contributed by atoms with Crippen molar-refractivity contribution in [2.75, 3.05) is 20.8 Å². The summed E-state index contributed by atoms with van der Waals surface area (Å²) >= 11 is 6.37. The largest absolute Gasteiger partial charge is 0.497 e. The number of hydrogen-bond donors (Lipinski definition) is 1. The van der Waals surface area contributed by atoms with Crippen LogP contribution < -0.4 is 9.47 Å². The number of nitrogens with zero attached hydrogens (tertiary/aromatic N) is 2. The molecule has 2 aromatic rings. The molecule has 0 saturated carbocycles. The lowest BCUT2D eigenvalue weighted by molar-refractivity contribution is -0.139. The minimum atomic E-state index is -1.01. The monoisotopic (exact) mass is 502 g/mol. The number of ether oxygens (including phenoxy) is 2. The molecule has 1 heterocycles. The molecular formula is C27H35ClN2O5. The predicted octanol–water partition coefficient (Wildman–Crippen LogP) is 5.35. The number of benzene rings is 2. The third-order valence-electron chi connectivity index (χ3n) is 6.56. The molecule has 3 atom stereocenters. The molecule has 0 aromatic heterocycles. The van der Waals surface area contributed by atoms with Crippen molar-refractivity contribution in [1.29, 1.82) is 0 Å². The van der Waals surface area contributed by atoms with Gasteiger partial charge >= 0.3 is 6.09 Å². The van der Waals surface area contributed by atoms with Gasteiger partial charge < -0.3 is 19.5 Å². The lowest BCUT2D eigenvalue weighted by Gasteiger charge is -2.50. The van der Waals surface area contributed by atoms with Crippen LogP contribution in [0.15, 0.2) is 42.5 Å². The van der Waals surface area contributed by atoms with Gasteiger partial charge in [0, 0.05) is 24.7 Å². The van der Waals surface area contributed by atoms with E-state index in [9.17, 15) is 14.7 Å². The van der Waals surface area contributed by atoms with Crippen LogP contribution in [0.25, 0.3) is 0 Å². The molecule has 0 spiro atoms. The molecule has 1 aliphatic rings. The van der Waals surface area contributed by atoms with Gasteiger partial charge in [-0.25, -0.2) is 4.79 Å². The number of rotatable bonds is 7. The van der Waals surface area contributed by atoms with E-state index in [0.717, 1.165) is 16.7 Å². The number of carbonyl (C=O) groups excluding carboxylic acids is 1. The summed E-state index contributed by atoms with van der Waals surface area (Å²) in [7, 11) is 3.15. The Balaban J connectivity index is 2.20. The Morgan fingerprint density at radius 3 is 2.43 bits per heavy atom. The van der Waals surface area contributed by atoms with Crippen molar-refractivity contribution in [3.63, 3.8) is 0 Å². The molecule has 3 rings (SSSR count). The Morgan fingerprint density at radius 1 is 1.17 bits per heavy atom. The van der Waals surface area contributed by atoms with E-state index in [1.54, 1.807) is 32.1 Å². The van der Waals surface area contributed by atoms with E-state index in [0.29, 0.717) is 24.5 Å². The Bertz CT molecular complexity index is 1070. The molecule has 1 aliphatic heterocycles. The molecular weight excluding hydrogens is 468 g/mol. The normalized spacial score (nSPS) is 17.2. The van der Waals surface area contributed by atoms with E-state index in [2.05, 4.69) is 0 Å². The number of hydrogen-bond acceptors (Lipinski definition) is 4. The molecule has 2 aromatic carbocycles. The van der Waals surface area contributed by atoms with Crippen LogP contribution in [0, 0.1) is 5.41 Å². The topological polar surface area (TPSA) is 79.3 Å². The Morgan fingerprint density at radius 2 is 1.86 bits per heavy atom. The summed E-state index contributed by atoms with van der Waals surface area (Å²) in [6.45, 7) is 8.29. The zero-order valence-electron chi connectivity index (χ0n) is 21.2. The van der Waals surface area contributed by atoms with Crippen LogP contribution in [-0.4, -0.2) is 59.1 Å². The van der Waals surface area contributed by atoms with Gasteiger partial charge in [-0.05, 0) is 42.0 Å². The summed E-state index contributed by atoms with van der Waals surface area (Å²) in [5.41, 5.74) is 2.31. The first-order valence-corrected chi connectivity index (χ1v) is 12.2. The summed E-state index contributed by atoms with van der Waals surface area (Å²) in [5.74, 6) is 0.953. The first-order chi connectivity index (χ1) is 16.5. The van der Waals surface area contributed by atoms with Crippen molar-refractivity contribution >= 4 is 23.6 Å². The average Bonchev–Trinajstić information content (AvgIpc) is 2.82. The van der Waals surface area contributed by atoms with Crippen molar-refractivity contribution in [3.8, 4) is 11.5 Å². The number of halogens is 1. The number of fused-ring (bicyclic) bond motifs is 1. The van der Waals surface area contributed by atoms with Gasteiger partial charge in [0.05, 0.1) is 26.3 Å². The van der Waals surface area contributed by atoms with E-state index in [4.69, 9.17) is 21.1 Å². The van der Waals surface area contributed by atoms with Gasteiger partial charge in [0.1, 0.15) is 16.9 Å². The molecule has 0 bridgehead atoms. The zero-order chi connectivity index (χ0) is 25.9. The second kappa shape index (κ2) is 10.8. The summed E-state index contributed by atoms with van der Waals surface area (Å²) < 4.78 is 10.9. The van der Waals surface area contributed by atoms with Gasteiger partial charge in [-0.1, -0.05) is 45.0 Å². The smallest absolute Gasteiger partial charge is 0.407 e. The van der Waals surface area contributed by atoms with Crippen molar-refractivity contribution in [2.45, 2.75) is 58.1 Å². The molecule has 3 unspecified atom stereocenters. The highest BCUT2D eigenvalue weighted by Gasteiger charge is 2.46. The maximum absolute atomic E-state index is 13.7. The second-order valence-electron chi connectivity index (χ2n) is 9.94. The van der Waals surface area contributed by atoms with Crippen LogP contribution in [0.1, 0.15) is 50.4 Å². The third-order valence-corrected chi connectivity index (χ3v) is 6.74.